The van der Waals surface area contributed by atoms with Crippen LogP contribution in [0, 0.1) is 0 Å². The summed E-state index contributed by atoms with van der Waals surface area (Å²) < 4.78 is 5.47. The van der Waals surface area contributed by atoms with Crippen LogP contribution in [0.4, 0.5) is 0 Å². The van der Waals surface area contributed by atoms with E-state index >= 15 is 0 Å². The van der Waals surface area contributed by atoms with E-state index in [1.54, 1.807) is 6.92 Å². The summed E-state index contributed by atoms with van der Waals surface area (Å²) >= 11 is 0. The maximum atomic E-state index is 12.2. The summed E-state index contributed by atoms with van der Waals surface area (Å²) in [5.74, 6) is -2.41. The van der Waals surface area contributed by atoms with Gasteiger partial charge in [-0.05, 0) is 24.6 Å². The van der Waals surface area contributed by atoms with Crippen LogP contribution in [0.5, 0.6) is 28.7 Å². The van der Waals surface area contributed by atoms with Crippen LogP contribution in [0.2, 0.25) is 0 Å². The van der Waals surface area contributed by atoms with Gasteiger partial charge in [-0.2, -0.15) is 0 Å². The Hall–Kier alpha value is -2.97. The highest BCUT2D eigenvalue weighted by Gasteiger charge is 2.39. The summed E-state index contributed by atoms with van der Waals surface area (Å²) in [5, 5.41) is 55.7. The first-order chi connectivity index (χ1) is 11.8. The third kappa shape index (κ3) is 3.59. The van der Waals surface area contributed by atoms with Gasteiger partial charge in [0.25, 0.3) is 0 Å². The molecule has 0 amide bonds. The third-order valence-electron chi connectivity index (χ3n) is 3.45. The quantitative estimate of drug-likeness (QED) is 0.420. The number of aliphatic hydroxyl groups excluding tert-OH is 2. The minimum Gasteiger partial charge on any atom is -0.508 e. The van der Waals surface area contributed by atoms with Crippen LogP contribution in [0.3, 0.4) is 0 Å². The first-order valence-electron chi connectivity index (χ1n) is 7.37. The van der Waals surface area contributed by atoms with E-state index in [1.807, 2.05) is 0 Å². The molecule has 0 aliphatic carbocycles. The number of aliphatic hydroxyl groups is 2. The lowest BCUT2D eigenvalue weighted by atomic mass is 9.92. The van der Waals surface area contributed by atoms with Crippen molar-refractivity contribution in [2.45, 2.75) is 19.1 Å². The second-order valence-electron chi connectivity index (χ2n) is 5.25. The Morgan fingerprint density at radius 1 is 1.00 bits per heavy atom. The van der Waals surface area contributed by atoms with Gasteiger partial charge < -0.3 is 35.4 Å². The Morgan fingerprint density at radius 2 is 1.64 bits per heavy atom. The fourth-order valence-corrected chi connectivity index (χ4v) is 2.38. The molecule has 1 aliphatic rings. The summed E-state index contributed by atoms with van der Waals surface area (Å²) in [4.78, 5) is 12.2. The number of hydrogen-bond acceptors (Lipinski definition) is 8. The predicted octanol–water partition coefficient (Wildman–Crippen LogP) is 1.18. The molecular formula is C17H18O8. The minimum absolute atomic E-state index is 0.0784. The van der Waals surface area contributed by atoms with Gasteiger partial charge in [0.2, 0.25) is 5.78 Å². The van der Waals surface area contributed by atoms with Crippen molar-refractivity contribution in [1.82, 2.24) is 0 Å². The Labute approximate surface area is 142 Å². The van der Waals surface area contributed by atoms with Crippen LogP contribution < -0.4 is 4.74 Å². The zero-order valence-corrected chi connectivity index (χ0v) is 13.2. The lowest BCUT2D eigenvalue weighted by molar-refractivity contribution is 0.0210. The van der Waals surface area contributed by atoms with Crippen LogP contribution in [-0.4, -0.2) is 49.1 Å². The zero-order valence-electron chi connectivity index (χ0n) is 13.2. The monoisotopic (exact) mass is 350 g/mol. The molecule has 2 atom stereocenters. The molecule has 1 heterocycles. The number of carbonyl (C=O) groups is 1. The molecule has 0 spiro atoms. The first-order valence-corrected chi connectivity index (χ1v) is 7.37. The Balaban J connectivity index is 0.000000701. The smallest absolute Gasteiger partial charge is 0.202 e. The molecule has 6 N–H and O–H groups in total. The number of fused-ring (bicyclic) bond motifs is 1. The molecule has 3 rings (SSSR count). The van der Waals surface area contributed by atoms with Gasteiger partial charge in [-0.3, -0.25) is 4.79 Å². The molecule has 2 aromatic carbocycles. The van der Waals surface area contributed by atoms with E-state index in [4.69, 9.17) is 9.84 Å². The van der Waals surface area contributed by atoms with Gasteiger partial charge >= 0.3 is 0 Å². The fraction of sp³-hybridized carbons (Fsp3) is 0.235. The maximum Gasteiger partial charge on any atom is 0.202 e. The summed E-state index contributed by atoms with van der Waals surface area (Å²) in [6.45, 7) is 1.93. The van der Waals surface area contributed by atoms with Gasteiger partial charge in [-0.1, -0.05) is 6.07 Å². The van der Waals surface area contributed by atoms with E-state index < -0.39 is 29.5 Å². The van der Waals surface area contributed by atoms with E-state index in [9.17, 15) is 30.3 Å². The largest absolute Gasteiger partial charge is 0.508 e. The number of ether oxygens (including phenoxy) is 1. The molecule has 0 radical (unpaired) electrons. The summed E-state index contributed by atoms with van der Waals surface area (Å²) in [6.07, 6.45) is -2.75. The van der Waals surface area contributed by atoms with Crippen LogP contribution in [0.25, 0.3) is 0 Å². The molecule has 0 unspecified atom stereocenters. The molecule has 0 bridgehead atoms. The fourth-order valence-electron chi connectivity index (χ4n) is 2.38. The summed E-state index contributed by atoms with van der Waals surface area (Å²) in [5.41, 5.74) is 0.0363. The van der Waals surface area contributed by atoms with Gasteiger partial charge in [0, 0.05) is 18.7 Å². The molecule has 0 aromatic heterocycles. The summed E-state index contributed by atoms with van der Waals surface area (Å²) in [7, 11) is 0. The molecule has 0 saturated carbocycles. The average Bonchev–Trinajstić information content (AvgIpc) is 2.53. The molecule has 1 aliphatic heterocycles. The van der Waals surface area contributed by atoms with E-state index in [2.05, 4.69) is 0 Å². The van der Waals surface area contributed by atoms with Crippen molar-refractivity contribution >= 4 is 5.78 Å². The Bertz CT molecular complexity index is 786. The van der Waals surface area contributed by atoms with Gasteiger partial charge in [0.1, 0.15) is 22.8 Å². The van der Waals surface area contributed by atoms with E-state index in [-0.39, 0.29) is 35.0 Å². The van der Waals surface area contributed by atoms with Gasteiger partial charge in [0.15, 0.2) is 23.7 Å². The SMILES string of the molecule is CCO.O=C1c2c(O)cc(O)cc2O[C@H](c2ccc(O)c(O)c2)[C@H]1O. The number of benzene rings is 2. The average molecular weight is 350 g/mol. The number of ketones is 1. The van der Waals surface area contributed by atoms with E-state index in [1.165, 1.54) is 12.1 Å². The summed E-state index contributed by atoms with van der Waals surface area (Å²) in [6, 6.07) is 5.85. The highest BCUT2D eigenvalue weighted by atomic mass is 16.5. The normalized spacial score (nSPS) is 18.6. The van der Waals surface area contributed by atoms with Crippen molar-refractivity contribution in [3.8, 4) is 28.7 Å². The van der Waals surface area contributed by atoms with Crippen molar-refractivity contribution < 1.29 is 40.2 Å². The highest BCUT2D eigenvalue weighted by molar-refractivity contribution is 6.05. The van der Waals surface area contributed by atoms with Crippen LogP contribution in [0.15, 0.2) is 30.3 Å². The molecule has 134 valence electrons. The Morgan fingerprint density at radius 3 is 2.24 bits per heavy atom. The number of phenolic OH excluding ortho intramolecular Hbond substituents is 4. The lowest BCUT2D eigenvalue weighted by Gasteiger charge is -2.30. The standard InChI is InChI=1S/C15H12O7.C2H6O/c16-7-4-10(19)12-11(5-7)22-15(14(21)13(12)20)6-1-2-8(17)9(18)3-6;1-2-3/h1-5,14-19,21H;3H,2H2,1H3/t14-,15+;/m0./s1. The molecule has 0 fully saturated rings. The number of rotatable bonds is 1. The number of Topliss-reactive ketones (excluding diaryl/α,β-unsaturated/α-hetero) is 1. The van der Waals surface area contributed by atoms with Crippen molar-refractivity contribution in [2.75, 3.05) is 6.61 Å². The third-order valence-corrected chi connectivity index (χ3v) is 3.45. The van der Waals surface area contributed by atoms with Crippen LogP contribution >= 0.6 is 0 Å². The van der Waals surface area contributed by atoms with Crippen LogP contribution in [-0.2, 0) is 0 Å². The maximum absolute atomic E-state index is 12.2. The van der Waals surface area contributed by atoms with E-state index in [0.717, 1.165) is 18.2 Å². The molecule has 2 aromatic rings. The van der Waals surface area contributed by atoms with Crippen LogP contribution in [0.1, 0.15) is 28.9 Å². The van der Waals surface area contributed by atoms with Gasteiger partial charge in [0.05, 0.1) is 0 Å². The van der Waals surface area contributed by atoms with Crippen molar-refractivity contribution in [2.24, 2.45) is 0 Å². The topological polar surface area (TPSA) is 148 Å². The zero-order chi connectivity index (χ0) is 18.7. The highest BCUT2D eigenvalue weighted by Crippen LogP contribution is 2.42. The lowest BCUT2D eigenvalue weighted by Crippen LogP contribution is -2.36. The van der Waals surface area contributed by atoms with Crippen molar-refractivity contribution in [3.63, 3.8) is 0 Å². The first kappa shape index (κ1) is 18.4. The molecule has 8 heteroatoms. The van der Waals surface area contributed by atoms with Gasteiger partial charge in [-0.15, -0.1) is 0 Å². The van der Waals surface area contributed by atoms with Gasteiger partial charge in [-0.25, -0.2) is 0 Å². The minimum atomic E-state index is -1.60. The number of hydrogen-bond donors (Lipinski definition) is 6. The predicted molar refractivity (Wildman–Crippen MR) is 86.0 cm³/mol. The number of phenols is 4. The van der Waals surface area contributed by atoms with Crippen molar-refractivity contribution in [3.05, 3.63) is 41.5 Å². The second-order valence-corrected chi connectivity index (χ2v) is 5.25. The number of aromatic hydroxyl groups is 4. The van der Waals surface area contributed by atoms with Crippen molar-refractivity contribution in [1.29, 1.82) is 0 Å². The second kappa shape index (κ2) is 7.29. The number of carbonyl (C=O) groups excluding carboxylic acids is 1. The molecular weight excluding hydrogens is 332 g/mol. The Kier molecular flexibility index (Phi) is 5.35. The van der Waals surface area contributed by atoms with E-state index in [0.29, 0.717) is 0 Å². The molecule has 0 saturated heterocycles. The molecule has 8 nitrogen and oxygen atoms in total. The molecule has 25 heavy (non-hydrogen) atoms.